The molecule has 0 aromatic heterocycles. The van der Waals surface area contributed by atoms with Crippen molar-refractivity contribution in [2.24, 2.45) is 5.73 Å². The quantitative estimate of drug-likeness (QED) is 0.899. The molecule has 2 heterocycles. The summed E-state index contributed by atoms with van der Waals surface area (Å²) in [5.41, 5.74) is 9.20. The Labute approximate surface area is 155 Å². The summed E-state index contributed by atoms with van der Waals surface area (Å²) < 4.78 is 0. The molecule has 2 N–H and O–H groups in total. The number of piperidine rings is 1. The van der Waals surface area contributed by atoms with Crippen LogP contribution in [-0.2, 0) is 22.6 Å². The van der Waals surface area contributed by atoms with Crippen LogP contribution in [0.4, 0.5) is 0 Å². The average Bonchev–Trinajstić information content (AvgIpc) is 3.07. The molecule has 2 aliphatic heterocycles. The molecule has 1 aliphatic carbocycles. The summed E-state index contributed by atoms with van der Waals surface area (Å²) in [6, 6.07) is 6.93. The normalized spacial score (nSPS) is 24.7. The topological polar surface area (TPSA) is 66.6 Å². The number of carbonyl (C=O) groups excluding carboxylic acids is 2. The third kappa shape index (κ3) is 3.50. The fraction of sp³-hybridized carbons (Fsp3) is 0.571. The fourth-order valence-corrected chi connectivity index (χ4v) is 4.78. The first-order valence-electron chi connectivity index (χ1n) is 9.88. The Hall–Kier alpha value is -1.88. The van der Waals surface area contributed by atoms with Crippen LogP contribution in [0, 0.1) is 6.42 Å². The van der Waals surface area contributed by atoms with Gasteiger partial charge in [-0.15, -0.1) is 0 Å². The van der Waals surface area contributed by atoms with E-state index in [1.54, 1.807) is 0 Å². The highest BCUT2D eigenvalue weighted by Crippen LogP contribution is 2.32. The molecular formula is C21H28N3O2. The van der Waals surface area contributed by atoms with Crippen molar-refractivity contribution >= 4 is 11.8 Å². The lowest BCUT2D eigenvalue weighted by Crippen LogP contribution is -2.45. The van der Waals surface area contributed by atoms with Crippen LogP contribution < -0.4 is 5.73 Å². The lowest BCUT2D eigenvalue weighted by atomic mass is 9.81. The van der Waals surface area contributed by atoms with Gasteiger partial charge < -0.3 is 10.6 Å². The molecule has 0 spiro atoms. The van der Waals surface area contributed by atoms with Gasteiger partial charge in [0.05, 0.1) is 5.92 Å². The summed E-state index contributed by atoms with van der Waals surface area (Å²) in [6.07, 6.45) is 7.86. The summed E-state index contributed by atoms with van der Waals surface area (Å²) in [4.78, 5) is 28.2. The number of aryl methyl sites for hydroxylation is 1. The maximum atomic E-state index is 11.9. The van der Waals surface area contributed by atoms with E-state index in [1.165, 1.54) is 11.1 Å². The third-order valence-electron chi connectivity index (χ3n) is 6.18. The van der Waals surface area contributed by atoms with Crippen molar-refractivity contribution in [3.05, 3.63) is 41.3 Å². The van der Waals surface area contributed by atoms with Crippen molar-refractivity contribution in [3.8, 4) is 0 Å². The van der Waals surface area contributed by atoms with E-state index in [9.17, 15) is 9.59 Å². The third-order valence-corrected chi connectivity index (χ3v) is 6.18. The van der Waals surface area contributed by atoms with Crippen LogP contribution in [0.15, 0.2) is 18.2 Å². The molecule has 2 saturated heterocycles. The molecule has 1 aromatic rings. The number of amides is 2. The van der Waals surface area contributed by atoms with Crippen LogP contribution in [0.25, 0.3) is 0 Å². The summed E-state index contributed by atoms with van der Waals surface area (Å²) >= 11 is 0. The first-order valence-corrected chi connectivity index (χ1v) is 9.88. The van der Waals surface area contributed by atoms with Crippen molar-refractivity contribution in [2.45, 2.75) is 57.0 Å². The van der Waals surface area contributed by atoms with Gasteiger partial charge in [-0.3, -0.25) is 14.5 Å². The van der Waals surface area contributed by atoms with Gasteiger partial charge in [0, 0.05) is 38.6 Å². The van der Waals surface area contributed by atoms with E-state index in [0.717, 1.165) is 70.3 Å². The number of fused-ring (bicyclic) bond motifs is 1. The second kappa shape index (κ2) is 7.39. The van der Waals surface area contributed by atoms with Gasteiger partial charge in [-0.2, -0.15) is 0 Å². The first kappa shape index (κ1) is 17.5. The zero-order chi connectivity index (χ0) is 18.1. The van der Waals surface area contributed by atoms with Crippen molar-refractivity contribution < 1.29 is 9.59 Å². The molecule has 5 nitrogen and oxygen atoms in total. The van der Waals surface area contributed by atoms with Crippen molar-refractivity contribution in [2.75, 3.05) is 19.6 Å². The number of hydrogen-bond acceptors (Lipinski definition) is 3. The number of nitrogens with zero attached hydrogens (tertiary/aromatic N) is 2. The second-order valence-electron chi connectivity index (χ2n) is 7.89. The molecule has 1 radical (unpaired) electrons. The van der Waals surface area contributed by atoms with Crippen molar-refractivity contribution in [1.29, 1.82) is 0 Å². The highest BCUT2D eigenvalue weighted by atomic mass is 16.2. The van der Waals surface area contributed by atoms with E-state index in [2.05, 4.69) is 28.0 Å². The molecule has 26 heavy (non-hydrogen) atoms. The predicted molar refractivity (Wildman–Crippen MR) is 100 cm³/mol. The summed E-state index contributed by atoms with van der Waals surface area (Å²) in [5.74, 6) is -0.141. The van der Waals surface area contributed by atoms with Gasteiger partial charge in [-0.25, -0.2) is 0 Å². The first-order chi connectivity index (χ1) is 12.6. The Kier molecular flexibility index (Phi) is 4.98. The van der Waals surface area contributed by atoms with Crippen LogP contribution in [0.5, 0.6) is 0 Å². The molecule has 139 valence electrons. The number of benzene rings is 1. The Morgan fingerprint density at radius 2 is 1.96 bits per heavy atom. The zero-order valence-corrected chi connectivity index (χ0v) is 15.3. The number of rotatable bonds is 4. The van der Waals surface area contributed by atoms with Crippen molar-refractivity contribution in [3.63, 3.8) is 0 Å². The molecule has 2 fully saturated rings. The smallest absolute Gasteiger partial charge is 0.225 e. The van der Waals surface area contributed by atoms with Crippen LogP contribution in [0.2, 0.25) is 0 Å². The van der Waals surface area contributed by atoms with E-state index < -0.39 is 0 Å². The molecule has 1 unspecified atom stereocenters. The minimum atomic E-state index is -0.253. The highest BCUT2D eigenvalue weighted by Gasteiger charge is 2.31. The van der Waals surface area contributed by atoms with E-state index in [1.807, 2.05) is 6.42 Å². The molecule has 3 aliphatic rings. The summed E-state index contributed by atoms with van der Waals surface area (Å²) in [7, 11) is 0. The average molecular weight is 354 g/mol. The van der Waals surface area contributed by atoms with E-state index >= 15 is 0 Å². The van der Waals surface area contributed by atoms with Crippen LogP contribution in [-0.4, -0.2) is 47.3 Å². The van der Waals surface area contributed by atoms with E-state index in [0.29, 0.717) is 11.9 Å². The van der Waals surface area contributed by atoms with Gasteiger partial charge >= 0.3 is 0 Å². The largest absolute Gasteiger partial charge is 0.369 e. The van der Waals surface area contributed by atoms with Crippen LogP contribution in [0.3, 0.4) is 0 Å². The number of nitrogens with two attached hydrogens (primary N) is 1. The van der Waals surface area contributed by atoms with E-state index in [-0.39, 0.29) is 11.8 Å². The number of primary amides is 1. The molecular weight excluding hydrogens is 326 g/mol. The molecule has 5 heteroatoms. The molecule has 1 atom stereocenters. The summed E-state index contributed by atoms with van der Waals surface area (Å²) in [5, 5.41) is 0. The van der Waals surface area contributed by atoms with Gasteiger partial charge in [0.2, 0.25) is 11.8 Å². The maximum absolute atomic E-state index is 11.9. The van der Waals surface area contributed by atoms with Crippen LogP contribution in [0.1, 0.15) is 54.7 Å². The molecule has 1 aromatic carbocycles. The maximum Gasteiger partial charge on any atom is 0.225 e. The number of carbonyl (C=O) groups is 2. The Morgan fingerprint density at radius 1 is 1.15 bits per heavy atom. The lowest BCUT2D eigenvalue weighted by Gasteiger charge is -2.36. The monoisotopic (exact) mass is 354 g/mol. The van der Waals surface area contributed by atoms with Gasteiger partial charge in [-0.1, -0.05) is 18.2 Å². The summed E-state index contributed by atoms with van der Waals surface area (Å²) in [6.45, 7) is 3.98. The molecule has 0 saturated carbocycles. The highest BCUT2D eigenvalue weighted by molar-refractivity contribution is 5.84. The van der Waals surface area contributed by atoms with Gasteiger partial charge in [-0.05, 0) is 55.2 Å². The zero-order valence-electron chi connectivity index (χ0n) is 15.3. The van der Waals surface area contributed by atoms with Gasteiger partial charge in [0.15, 0.2) is 0 Å². The minimum absolute atomic E-state index is 0.235. The minimum Gasteiger partial charge on any atom is -0.369 e. The lowest BCUT2D eigenvalue weighted by molar-refractivity contribution is -0.130. The Bertz CT molecular complexity index is 694. The van der Waals surface area contributed by atoms with Gasteiger partial charge in [0.25, 0.3) is 0 Å². The SMILES string of the molecule is NC(=O)C1[CH]CCc2cc(CN3CCC(N4CCCC4=O)CC3)ccc21. The van der Waals surface area contributed by atoms with Crippen LogP contribution >= 0.6 is 0 Å². The Balaban J connectivity index is 1.37. The molecule has 4 rings (SSSR count). The van der Waals surface area contributed by atoms with E-state index in [4.69, 9.17) is 5.73 Å². The van der Waals surface area contributed by atoms with Gasteiger partial charge in [0.1, 0.15) is 0 Å². The van der Waals surface area contributed by atoms with Crippen molar-refractivity contribution in [1.82, 2.24) is 9.80 Å². The predicted octanol–water partition coefficient (Wildman–Crippen LogP) is 1.99. The fourth-order valence-electron chi connectivity index (χ4n) is 4.78. The molecule has 2 amide bonds. The standard InChI is InChI=1S/C21H28N3O2/c22-21(26)19-4-1-3-16-13-15(6-7-18(16)19)14-23-11-8-17(9-12-23)24-10-2-5-20(24)25/h4,6-7,13,17,19H,1-3,5,8-12,14H2,(H2,22,26). The molecule has 0 bridgehead atoms. The second-order valence-corrected chi connectivity index (χ2v) is 7.89. The Morgan fingerprint density at radius 3 is 2.65 bits per heavy atom. The number of likely N-dealkylation sites (tertiary alicyclic amines) is 2. The number of hydrogen-bond donors (Lipinski definition) is 1.